The highest BCUT2D eigenvalue weighted by Crippen LogP contribution is 2.11. The number of nitrogens with two attached hydrogens (primary N) is 1. The standard InChI is InChI=1S/C8H11NO/c1-6-2-4-7(9)8(10)5-3-6/h3-5,10H,2,9H2,1H3. The van der Waals surface area contributed by atoms with Crippen LogP contribution in [0.4, 0.5) is 0 Å². The number of rotatable bonds is 0. The third-order valence-corrected chi connectivity index (χ3v) is 1.47. The summed E-state index contributed by atoms with van der Waals surface area (Å²) < 4.78 is 0. The third kappa shape index (κ3) is 1.41. The smallest absolute Gasteiger partial charge is 0.138 e. The number of hydrogen-bond donors (Lipinski definition) is 2. The first kappa shape index (κ1) is 6.93. The predicted molar refractivity (Wildman–Crippen MR) is 41.4 cm³/mol. The third-order valence-electron chi connectivity index (χ3n) is 1.47. The van der Waals surface area contributed by atoms with Gasteiger partial charge in [0.1, 0.15) is 5.76 Å². The van der Waals surface area contributed by atoms with E-state index >= 15 is 0 Å². The predicted octanol–water partition coefficient (Wildman–Crippen LogP) is 1.62. The molecule has 3 N–H and O–H groups in total. The Kier molecular flexibility index (Phi) is 1.81. The Hall–Kier alpha value is -1.18. The van der Waals surface area contributed by atoms with E-state index in [0.717, 1.165) is 6.42 Å². The van der Waals surface area contributed by atoms with Crippen LogP contribution in [0.5, 0.6) is 0 Å². The van der Waals surface area contributed by atoms with Gasteiger partial charge in [0.15, 0.2) is 0 Å². The molecule has 0 saturated heterocycles. The molecule has 1 aliphatic rings. The fourth-order valence-electron chi connectivity index (χ4n) is 0.761. The summed E-state index contributed by atoms with van der Waals surface area (Å²) >= 11 is 0. The zero-order valence-electron chi connectivity index (χ0n) is 5.96. The Morgan fingerprint density at radius 3 is 2.90 bits per heavy atom. The molecule has 0 aromatic carbocycles. The summed E-state index contributed by atoms with van der Waals surface area (Å²) in [4.78, 5) is 0. The Bertz CT molecular complexity index is 223. The normalized spacial score (nSPS) is 18.7. The van der Waals surface area contributed by atoms with Crippen molar-refractivity contribution in [2.24, 2.45) is 5.73 Å². The number of allylic oxidation sites excluding steroid dienone is 4. The minimum Gasteiger partial charge on any atom is -0.506 e. The van der Waals surface area contributed by atoms with Crippen LogP contribution in [-0.2, 0) is 0 Å². The highest BCUT2D eigenvalue weighted by atomic mass is 16.3. The van der Waals surface area contributed by atoms with E-state index in [1.807, 2.05) is 19.1 Å². The minimum atomic E-state index is 0.164. The lowest BCUT2D eigenvalue weighted by atomic mass is 10.2. The molecule has 0 unspecified atom stereocenters. The second-order valence-corrected chi connectivity index (χ2v) is 2.43. The minimum absolute atomic E-state index is 0.164. The first-order chi connectivity index (χ1) is 4.70. The average Bonchev–Trinajstić information content (AvgIpc) is 2.04. The van der Waals surface area contributed by atoms with Crippen LogP contribution in [0, 0.1) is 0 Å². The number of aliphatic hydroxyl groups is 1. The lowest BCUT2D eigenvalue weighted by molar-refractivity contribution is 0.422. The summed E-state index contributed by atoms with van der Waals surface area (Å²) in [7, 11) is 0. The molecule has 54 valence electrons. The van der Waals surface area contributed by atoms with E-state index in [4.69, 9.17) is 10.8 Å². The number of hydrogen-bond acceptors (Lipinski definition) is 2. The maximum atomic E-state index is 9.10. The van der Waals surface area contributed by atoms with Crippen molar-refractivity contribution in [2.45, 2.75) is 13.3 Å². The molecular formula is C8H11NO. The molecule has 0 aromatic rings. The second kappa shape index (κ2) is 2.60. The van der Waals surface area contributed by atoms with E-state index in [-0.39, 0.29) is 5.76 Å². The fourth-order valence-corrected chi connectivity index (χ4v) is 0.761. The molecule has 0 aliphatic heterocycles. The maximum Gasteiger partial charge on any atom is 0.138 e. The van der Waals surface area contributed by atoms with Gasteiger partial charge >= 0.3 is 0 Å². The van der Waals surface area contributed by atoms with Crippen LogP contribution in [-0.4, -0.2) is 5.11 Å². The molecule has 0 bridgehead atoms. The summed E-state index contributed by atoms with van der Waals surface area (Å²) in [5, 5.41) is 9.10. The van der Waals surface area contributed by atoms with E-state index in [2.05, 4.69) is 0 Å². The molecule has 0 saturated carbocycles. The maximum absolute atomic E-state index is 9.10. The van der Waals surface area contributed by atoms with Crippen molar-refractivity contribution >= 4 is 0 Å². The van der Waals surface area contributed by atoms with Gasteiger partial charge < -0.3 is 10.8 Å². The lowest BCUT2D eigenvalue weighted by Crippen LogP contribution is -1.99. The molecule has 2 nitrogen and oxygen atoms in total. The fraction of sp³-hybridized carbons (Fsp3) is 0.250. The van der Waals surface area contributed by atoms with Crippen LogP contribution in [0.1, 0.15) is 13.3 Å². The van der Waals surface area contributed by atoms with Gasteiger partial charge in [-0.1, -0.05) is 17.7 Å². The van der Waals surface area contributed by atoms with E-state index in [0.29, 0.717) is 5.70 Å². The summed E-state index contributed by atoms with van der Waals surface area (Å²) in [6.07, 6.45) is 6.12. The van der Waals surface area contributed by atoms with Crippen LogP contribution in [0.25, 0.3) is 0 Å². The summed E-state index contributed by atoms with van der Waals surface area (Å²) in [5.41, 5.74) is 7.12. The van der Waals surface area contributed by atoms with Crippen LogP contribution >= 0.6 is 0 Å². The van der Waals surface area contributed by atoms with Gasteiger partial charge in [-0.2, -0.15) is 0 Å². The van der Waals surface area contributed by atoms with Crippen LogP contribution in [0.3, 0.4) is 0 Å². The molecule has 0 atom stereocenters. The van der Waals surface area contributed by atoms with Crippen molar-refractivity contribution < 1.29 is 5.11 Å². The first-order valence-corrected chi connectivity index (χ1v) is 3.22. The molecule has 10 heavy (non-hydrogen) atoms. The highest BCUT2D eigenvalue weighted by Gasteiger charge is 1.99. The molecule has 0 aromatic heterocycles. The molecule has 1 rings (SSSR count). The summed E-state index contributed by atoms with van der Waals surface area (Å²) in [5.74, 6) is 0.164. The first-order valence-electron chi connectivity index (χ1n) is 3.22. The molecular weight excluding hydrogens is 126 g/mol. The zero-order chi connectivity index (χ0) is 7.56. The van der Waals surface area contributed by atoms with Gasteiger partial charge in [0.05, 0.1) is 5.70 Å². The van der Waals surface area contributed by atoms with Gasteiger partial charge in [0.25, 0.3) is 0 Å². The monoisotopic (exact) mass is 137 g/mol. The van der Waals surface area contributed by atoms with Crippen molar-refractivity contribution in [3.63, 3.8) is 0 Å². The SMILES string of the molecule is CC1=CC=C(O)C(N)=CC1. The molecule has 0 amide bonds. The van der Waals surface area contributed by atoms with E-state index in [1.165, 1.54) is 5.57 Å². The second-order valence-electron chi connectivity index (χ2n) is 2.43. The molecule has 0 fully saturated rings. The van der Waals surface area contributed by atoms with E-state index in [1.54, 1.807) is 6.08 Å². The highest BCUT2D eigenvalue weighted by molar-refractivity contribution is 5.31. The van der Waals surface area contributed by atoms with Gasteiger partial charge in [-0.25, -0.2) is 0 Å². The topological polar surface area (TPSA) is 46.2 Å². The van der Waals surface area contributed by atoms with Crippen LogP contribution in [0.2, 0.25) is 0 Å². The Morgan fingerprint density at radius 2 is 2.20 bits per heavy atom. The van der Waals surface area contributed by atoms with Crippen molar-refractivity contribution in [1.82, 2.24) is 0 Å². The Labute approximate surface area is 60.4 Å². The Balaban J connectivity index is 2.90. The average molecular weight is 137 g/mol. The summed E-state index contributed by atoms with van der Waals surface area (Å²) in [6, 6.07) is 0. The van der Waals surface area contributed by atoms with Gasteiger partial charge in [0, 0.05) is 0 Å². The largest absolute Gasteiger partial charge is 0.506 e. The molecule has 0 spiro atoms. The van der Waals surface area contributed by atoms with Crippen LogP contribution in [0.15, 0.2) is 35.3 Å². The van der Waals surface area contributed by atoms with E-state index < -0.39 is 0 Å². The van der Waals surface area contributed by atoms with Crippen molar-refractivity contribution in [2.75, 3.05) is 0 Å². The molecule has 0 radical (unpaired) electrons. The molecule has 0 heterocycles. The summed E-state index contributed by atoms with van der Waals surface area (Å²) in [6.45, 7) is 2.00. The van der Waals surface area contributed by atoms with Crippen molar-refractivity contribution in [3.05, 3.63) is 35.3 Å². The Morgan fingerprint density at radius 1 is 1.50 bits per heavy atom. The molecule has 1 aliphatic carbocycles. The van der Waals surface area contributed by atoms with Crippen molar-refractivity contribution in [3.8, 4) is 0 Å². The lowest BCUT2D eigenvalue weighted by Gasteiger charge is -1.94. The van der Waals surface area contributed by atoms with Crippen LogP contribution < -0.4 is 5.73 Å². The quantitative estimate of drug-likeness (QED) is 0.533. The zero-order valence-corrected chi connectivity index (χ0v) is 5.96. The van der Waals surface area contributed by atoms with Gasteiger partial charge in [-0.3, -0.25) is 0 Å². The number of aliphatic hydroxyl groups excluding tert-OH is 1. The molecule has 2 heteroatoms. The van der Waals surface area contributed by atoms with Gasteiger partial charge in [-0.15, -0.1) is 0 Å². The van der Waals surface area contributed by atoms with Gasteiger partial charge in [-0.05, 0) is 19.4 Å². The van der Waals surface area contributed by atoms with E-state index in [9.17, 15) is 0 Å². The van der Waals surface area contributed by atoms with Gasteiger partial charge in [0.2, 0.25) is 0 Å². The van der Waals surface area contributed by atoms with Crippen molar-refractivity contribution in [1.29, 1.82) is 0 Å².